The molecule has 0 radical (unpaired) electrons. The lowest BCUT2D eigenvalue weighted by atomic mass is 10.1. The third kappa shape index (κ3) is 3.34. The van der Waals surface area contributed by atoms with Crippen molar-refractivity contribution < 1.29 is 27.9 Å². The molecule has 1 fully saturated rings. The van der Waals surface area contributed by atoms with Gasteiger partial charge in [0.05, 0.1) is 17.4 Å². The second-order valence-electron chi connectivity index (χ2n) is 5.14. The number of halogens is 3. The van der Waals surface area contributed by atoms with Crippen molar-refractivity contribution in [2.75, 3.05) is 7.05 Å². The summed E-state index contributed by atoms with van der Waals surface area (Å²) in [5, 5.41) is 8.78. The molecule has 0 aromatic heterocycles. The lowest BCUT2D eigenvalue weighted by Gasteiger charge is -2.20. The summed E-state index contributed by atoms with van der Waals surface area (Å²) in [4.78, 5) is 23.8. The van der Waals surface area contributed by atoms with Gasteiger partial charge in [0.15, 0.2) is 0 Å². The van der Waals surface area contributed by atoms with Gasteiger partial charge in [0.1, 0.15) is 0 Å². The molecule has 0 spiro atoms. The lowest BCUT2D eigenvalue weighted by molar-refractivity contribution is -0.142. The molecule has 0 aliphatic heterocycles. The van der Waals surface area contributed by atoms with Crippen LogP contribution in [0.3, 0.4) is 0 Å². The summed E-state index contributed by atoms with van der Waals surface area (Å²) in [5.41, 5.74) is -0.788. The Morgan fingerprint density at radius 1 is 1.29 bits per heavy atom. The Kier molecular flexibility index (Phi) is 3.93. The van der Waals surface area contributed by atoms with E-state index >= 15 is 0 Å². The van der Waals surface area contributed by atoms with Crippen LogP contribution in [0.25, 0.3) is 0 Å². The maximum atomic E-state index is 12.9. The van der Waals surface area contributed by atoms with Crippen LogP contribution in [0, 0.1) is 11.8 Å². The van der Waals surface area contributed by atoms with E-state index in [9.17, 15) is 22.8 Å². The summed E-state index contributed by atoms with van der Waals surface area (Å²) in [7, 11) is 1.38. The van der Waals surface area contributed by atoms with Gasteiger partial charge in [-0.1, -0.05) is 18.2 Å². The number of carbonyl (C=O) groups excluding carboxylic acids is 1. The summed E-state index contributed by atoms with van der Waals surface area (Å²) in [6.45, 7) is -0.197. The van der Waals surface area contributed by atoms with E-state index in [-0.39, 0.29) is 18.5 Å². The van der Waals surface area contributed by atoms with Crippen molar-refractivity contribution in [2.24, 2.45) is 11.8 Å². The summed E-state index contributed by atoms with van der Waals surface area (Å²) >= 11 is 0. The normalized spacial score (nSPS) is 21.0. The van der Waals surface area contributed by atoms with Crippen molar-refractivity contribution in [3.63, 3.8) is 0 Å². The highest BCUT2D eigenvalue weighted by Crippen LogP contribution is 2.40. The average Bonchev–Trinajstić information content (AvgIpc) is 3.17. The third-order valence-electron chi connectivity index (χ3n) is 3.53. The molecule has 2 rings (SSSR count). The molecule has 1 aromatic rings. The van der Waals surface area contributed by atoms with Crippen LogP contribution < -0.4 is 0 Å². The molecule has 1 amide bonds. The number of nitrogens with zero attached hydrogens (tertiary/aromatic N) is 1. The molecular formula is C14H14F3NO3. The third-order valence-corrected chi connectivity index (χ3v) is 3.53. The van der Waals surface area contributed by atoms with E-state index in [0.717, 1.165) is 11.0 Å². The van der Waals surface area contributed by atoms with Gasteiger partial charge in [-0.2, -0.15) is 13.2 Å². The van der Waals surface area contributed by atoms with Gasteiger partial charge in [0.25, 0.3) is 0 Å². The molecule has 4 nitrogen and oxygen atoms in total. The topological polar surface area (TPSA) is 57.6 Å². The van der Waals surface area contributed by atoms with Crippen LogP contribution in [0.5, 0.6) is 0 Å². The first-order chi connectivity index (χ1) is 9.71. The molecule has 1 saturated carbocycles. The van der Waals surface area contributed by atoms with Gasteiger partial charge in [0, 0.05) is 13.6 Å². The fraction of sp³-hybridized carbons (Fsp3) is 0.429. The fourth-order valence-corrected chi connectivity index (χ4v) is 2.29. The molecule has 1 aromatic carbocycles. The number of rotatable bonds is 4. The number of aliphatic carboxylic acids is 1. The minimum atomic E-state index is -4.48. The number of hydrogen-bond donors (Lipinski definition) is 1. The first-order valence-electron chi connectivity index (χ1n) is 6.34. The number of hydrogen-bond acceptors (Lipinski definition) is 2. The van der Waals surface area contributed by atoms with E-state index in [0.29, 0.717) is 0 Å². The van der Waals surface area contributed by atoms with E-state index in [1.807, 2.05) is 0 Å². The van der Waals surface area contributed by atoms with Crippen LogP contribution in [-0.2, 0) is 22.3 Å². The Labute approximate surface area is 119 Å². The smallest absolute Gasteiger partial charge is 0.416 e. The van der Waals surface area contributed by atoms with Crippen LogP contribution in [0.4, 0.5) is 13.2 Å². The summed E-state index contributed by atoms with van der Waals surface area (Å²) in [6, 6.07) is 5.04. The zero-order valence-electron chi connectivity index (χ0n) is 11.2. The maximum absolute atomic E-state index is 12.9. The van der Waals surface area contributed by atoms with E-state index in [4.69, 9.17) is 5.11 Å². The molecule has 0 saturated heterocycles. The highest BCUT2D eigenvalue weighted by Gasteiger charge is 2.49. The Morgan fingerprint density at radius 3 is 2.43 bits per heavy atom. The Hall–Kier alpha value is -2.05. The molecule has 1 N–H and O–H groups in total. The molecule has 21 heavy (non-hydrogen) atoms. The SMILES string of the molecule is CN(Cc1ccccc1C(F)(F)F)C(=O)C1CC1C(=O)O. The standard InChI is InChI=1S/C14H14F3NO3/c1-18(12(19)9-6-10(9)13(20)21)7-8-4-2-3-5-11(8)14(15,16)17/h2-5,9-10H,6-7H2,1H3,(H,20,21). The molecule has 0 heterocycles. The number of carbonyl (C=O) groups is 2. The van der Waals surface area contributed by atoms with Gasteiger partial charge >= 0.3 is 12.1 Å². The monoisotopic (exact) mass is 301 g/mol. The quantitative estimate of drug-likeness (QED) is 0.929. The van der Waals surface area contributed by atoms with Crippen molar-refractivity contribution in [3.05, 3.63) is 35.4 Å². The highest BCUT2D eigenvalue weighted by atomic mass is 19.4. The largest absolute Gasteiger partial charge is 0.481 e. The van der Waals surface area contributed by atoms with E-state index < -0.39 is 35.5 Å². The van der Waals surface area contributed by atoms with Crippen LogP contribution in [0.2, 0.25) is 0 Å². The summed E-state index contributed by atoms with van der Waals surface area (Å²) < 4.78 is 38.6. The summed E-state index contributed by atoms with van der Waals surface area (Å²) in [5.74, 6) is -2.81. The fourth-order valence-electron chi connectivity index (χ4n) is 2.29. The van der Waals surface area contributed by atoms with Gasteiger partial charge in [-0.25, -0.2) is 0 Å². The summed E-state index contributed by atoms with van der Waals surface area (Å²) in [6.07, 6.45) is -4.23. The highest BCUT2D eigenvalue weighted by molar-refractivity contribution is 5.89. The molecule has 2 unspecified atom stereocenters. The first kappa shape index (κ1) is 15.3. The molecular weight excluding hydrogens is 287 g/mol. The van der Waals surface area contributed by atoms with Crippen molar-refractivity contribution in [1.82, 2.24) is 4.90 Å². The van der Waals surface area contributed by atoms with Crippen molar-refractivity contribution >= 4 is 11.9 Å². The van der Waals surface area contributed by atoms with Crippen molar-refractivity contribution in [2.45, 2.75) is 19.1 Å². The van der Waals surface area contributed by atoms with Gasteiger partial charge in [-0.05, 0) is 18.1 Å². The van der Waals surface area contributed by atoms with Crippen LogP contribution in [0.1, 0.15) is 17.5 Å². The van der Waals surface area contributed by atoms with Gasteiger partial charge in [0.2, 0.25) is 5.91 Å². The van der Waals surface area contributed by atoms with Crippen LogP contribution in [0.15, 0.2) is 24.3 Å². The van der Waals surface area contributed by atoms with E-state index in [2.05, 4.69) is 0 Å². The first-order valence-corrected chi connectivity index (χ1v) is 6.34. The molecule has 1 aliphatic rings. The second kappa shape index (κ2) is 5.38. The molecule has 114 valence electrons. The number of benzene rings is 1. The number of amides is 1. The second-order valence-corrected chi connectivity index (χ2v) is 5.14. The predicted molar refractivity (Wildman–Crippen MR) is 67.2 cm³/mol. The molecule has 0 bridgehead atoms. The number of carboxylic acids is 1. The zero-order chi connectivity index (χ0) is 15.8. The number of alkyl halides is 3. The molecule has 2 atom stereocenters. The number of carboxylic acid groups (broad SMARTS) is 1. The van der Waals surface area contributed by atoms with Crippen molar-refractivity contribution in [1.29, 1.82) is 0 Å². The van der Waals surface area contributed by atoms with Gasteiger partial charge < -0.3 is 10.0 Å². The Morgan fingerprint density at radius 2 is 1.90 bits per heavy atom. The van der Waals surface area contributed by atoms with Crippen molar-refractivity contribution in [3.8, 4) is 0 Å². The minimum absolute atomic E-state index is 0.00613. The predicted octanol–water partition coefficient (Wildman–Crippen LogP) is 2.38. The lowest BCUT2D eigenvalue weighted by Crippen LogP contribution is -2.29. The van der Waals surface area contributed by atoms with E-state index in [1.165, 1.54) is 25.2 Å². The van der Waals surface area contributed by atoms with Crippen LogP contribution in [-0.4, -0.2) is 28.9 Å². The minimum Gasteiger partial charge on any atom is -0.481 e. The average molecular weight is 301 g/mol. The van der Waals surface area contributed by atoms with Gasteiger partial charge in [-0.15, -0.1) is 0 Å². The van der Waals surface area contributed by atoms with Crippen LogP contribution >= 0.6 is 0 Å². The molecule has 7 heteroatoms. The Bertz CT molecular complexity index is 571. The van der Waals surface area contributed by atoms with E-state index in [1.54, 1.807) is 0 Å². The molecule has 1 aliphatic carbocycles. The Balaban J connectivity index is 2.09. The van der Waals surface area contributed by atoms with Gasteiger partial charge in [-0.3, -0.25) is 9.59 Å². The zero-order valence-corrected chi connectivity index (χ0v) is 11.2. The maximum Gasteiger partial charge on any atom is 0.416 e.